The second-order valence-corrected chi connectivity index (χ2v) is 6.27. The summed E-state index contributed by atoms with van der Waals surface area (Å²) in [5.41, 5.74) is 3.34. The van der Waals surface area contributed by atoms with Crippen LogP contribution in [0.2, 0.25) is 0 Å². The quantitative estimate of drug-likeness (QED) is 0.182. The zero-order chi connectivity index (χ0) is 19.8. The molecule has 0 radical (unpaired) electrons. The molecule has 9 nitrogen and oxygen atoms in total. The van der Waals surface area contributed by atoms with Gasteiger partial charge in [0, 0.05) is 8.96 Å². The summed E-state index contributed by atoms with van der Waals surface area (Å²) in [5, 5.41) is 21.4. The normalized spacial score (nSPS) is 9.81. The van der Waals surface area contributed by atoms with Gasteiger partial charge in [0.1, 0.15) is 23.6 Å². The number of aromatic nitrogens is 1. The second kappa shape index (κ2) is 9.52. The highest BCUT2D eigenvalue weighted by atomic mass is 127. The highest BCUT2D eigenvalue weighted by molar-refractivity contribution is 14.1. The number of para-hydroxylation sites is 1. The van der Waals surface area contributed by atoms with Crippen LogP contribution in [-0.4, -0.2) is 34.1 Å². The van der Waals surface area contributed by atoms with Crippen molar-refractivity contribution in [1.29, 1.82) is 0 Å². The number of nitrogens with one attached hydrogen (secondary N) is 2. The number of nitrogens with zero attached hydrogens (tertiary/aromatic N) is 1. The Kier molecular flexibility index (Phi) is 7.11. The Labute approximate surface area is 166 Å². The zero-order valence-electron chi connectivity index (χ0n) is 13.7. The number of benzene rings is 2. The Morgan fingerprint density at radius 2 is 2.04 bits per heavy atom. The summed E-state index contributed by atoms with van der Waals surface area (Å²) in [6.07, 6.45) is 0.568. The molecule has 1 heterocycles. The highest BCUT2D eigenvalue weighted by Gasteiger charge is 2.10. The van der Waals surface area contributed by atoms with Crippen LogP contribution >= 0.6 is 22.6 Å². The topological polar surface area (TPSA) is 141 Å². The number of carbonyl (C=O) groups is 2. The van der Waals surface area contributed by atoms with Gasteiger partial charge in [0.15, 0.2) is 6.29 Å². The molecule has 2 aromatic carbocycles. The maximum Gasteiger partial charge on any atom is 0.339 e. The Balaban J connectivity index is 0.000000194. The first kappa shape index (κ1) is 20.2. The summed E-state index contributed by atoms with van der Waals surface area (Å²) in [6, 6.07) is 11.7. The third-order valence-corrected chi connectivity index (χ3v) is 3.99. The number of aldehydes is 1. The van der Waals surface area contributed by atoms with Crippen LogP contribution in [0.3, 0.4) is 0 Å². The predicted octanol–water partition coefficient (Wildman–Crippen LogP) is 3.53. The minimum Gasteiger partial charge on any atom is -0.493 e. The average Bonchev–Trinajstić information content (AvgIpc) is 2.96. The van der Waals surface area contributed by atoms with Gasteiger partial charge in [-0.2, -0.15) is 0 Å². The van der Waals surface area contributed by atoms with E-state index in [1.54, 1.807) is 12.1 Å². The Hall–Kier alpha value is -3.15. The van der Waals surface area contributed by atoms with Crippen LogP contribution in [-0.2, 0) is 4.79 Å². The lowest BCUT2D eigenvalue weighted by molar-refractivity contribution is -0.109. The average molecular weight is 483 g/mol. The Bertz CT molecular complexity index is 972. The number of fused-ring (bicyclic) bond motifs is 1. The summed E-state index contributed by atoms with van der Waals surface area (Å²) in [7, 11) is 0. The van der Waals surface area contributed by atoms with Crippen molar-refractivity contribution >= 4 is 51.4 Å². The number of ether oxygens (including phenoxy) is 1. The number of hydrogen-bond acceptors (Lipinski definition) is 6. The lowest BCUT2D eigenvalue weighted by Gasteiger charge is -2.04. The van der Waals surface area contributed by atoms with E-state index in [1.807, 2.05) is 18.2 Å². The van der Waals surface area contributed by atoms with Gasteiger partial charge in [-0.3, -0.25) is 4.79 Å². The molecule has 27 heavy (non-hydrogen) atoms. The molecule has 0 unspecified atom stereocenters. The van der Waals surface area contributed by atoms with Gasteiger partial charge >= 0.3 is 5.97 Å². The number of halogens is 1. The van der Waals surface area contributed by atoms with E-state index < -0.39 is 5.97 Å². The number of aromatic carboxylic acids is 1. The number of carboxylic acids is 1. The predicted molar refractivity (Wildman–Crippen MR) is 107 cm³/mol. The zero-order valence-corrected chi connectivity index (χ0v) is 15.8. The fourth-order valence-electron chi connectivity index (χ4n) is 2.20. The third-order valence-electron chi connectivity index (χ3n) is 3.32. The van der Waals surface area contributed by atoms with E-state index in [2.05, 4.69) is 38.3 Å². The van der Waals surface area contributed by atoms with Crippen LogP contribution < -0.4 is 10.2 Å². The van der Waals surface area contributed by atoms with Crippen molar-refractivity contribution < 1.29 is 24.5 Å². The van der Waals surface area contributed by atoms with E-state index >= 15 is 0 Å². The summed E-state index contributed by atoms with van der Waals surface area (Å²) in [4.78, 5) is 33.4. The summed E-state index contributed by atoms with van der Waals surface area (Å²) >= 11 is 2.15. The van der Waals surface area contributed by atoms with Gasteiger partial charge in [-0.1, -0.05) is 12.1 Å². The number of aromatic hydroxyl groups is 1. The molecular weight excluding hydrogens is 469 g/mol. The molecule has 140 valence electrons. The summed E-state index contributed by atoms with van der Waals surface area (Å²) in [5.74, 6) is -0.940. The lowest BCUT2D eigenvalue weighted by atomic mass is 10.2. The summed E-state index contributed by atoms with van der Waals surface area (Å²) < 4.78 is 5.92. The van der Waals surface area contributed by atoms with Crippen molar-refractivity contribution in [2.24, 2.45) is 5.29 Å². The standard InChI is InChI=1S/C9H8O4.C8H6IN3O2/c10-5-6-13-8-4-2-1-3-7(8)9(11)12;9-4-1-2-6-5(3-4)7(11-12-14)8(13)10-6/h1-5H,6H2,(H,11,12);1-3,10,13H,(H,11,14). The van der Waals surface area contributed by atoms with Crippen LogP contribution in [0.4, 0.5) is 5.69 Å². The molecule has 0 spiro atoms. The monoisotopic (exact) mass is 483 g/mol. The first-order valence-electron chi connectivity index (χ1n) is 7.45. The van der Waals surface area contributed by atoms with Gasteiger partial charge in [-0.05, 0) is 52.9 Å². The van der Waals surface area contributed by atoms with E-state index in [0.29, 0.717) is 12.0 Å². The molecule has 0 aliphatic heterocycles. The van der Waals surface area contributed by atoms with Crippen LogP contribution in [0.5, 0.6) is 11.6 Å². The molecule has 1 aromatic heterocycles. The van der Waals surface area contributed by atoms with Gasteiger partial charge in [0.2, 0.25) is 5.88 Å². The van der Waals surface area contributed by atoms with Crippen molar-refractivity contribution in [2.45, 2.75) is 0 Å². The number of carboxylic acid groups (broad SMARTS) is 1. The van der Waals surface area contributed by atoms with E-state index in [1.165, 1.54) is 12.1 Å². The minimum atomic E-state index is -1.07. The molecule has 0 saturated carbocycles. The number of carbonyl (C=O) groups excluding carboxylic acids is 1. The lowest BCUT2D eigenvalue weighted by Crippen LogP contribution is -2.04. The maximum atomic E-state index is 10.6. The molecule has 0 aliphatic rings. The minimum absolute atomic E-state index is 0.0596. The van der Waals surface area contributed by atoms with Crippen LogP contribution in [0.25, 0.3) is 10.9 Å². The SMILES string of the molecule is O=CCOc1ccccc1C(=O)O.O=NNc1c(O)[nH]c2ccc(I)cc12. The van der Waals surface area contributed by atoms with Crippen LogP contribution in [0.15, 0.2) is 47.8 Å². The largest absolute Gasteiger partial charge is 0.493 e. The number of aromatic amines is 1. The molecule has 0 saturated heterocycles. The summed E-state index contributed by atoms with van der Waals surface area (Å²) in [6.45, 7) is -0.135. The van der Waals surface area contributed by atoms with Crippen molar-refractivity contribution in [1.82, 2.24) is 4.98 Å². The van der Waals surface area contributed by atoms with E-state index in [4.69, 9.17) is 9.84 Å². The van der Waals surface area contributed by atoms with Crippen molar-refractivity contribution in [3.8, 4) is 11.6 Å². The molecule has 0 amide bonds. The molecule has 3 aromatic rings. The van der Waals surface area contributed by atoms with Crippen molar-refractivity contribution in [3.63, 3.8) is 0 Å². The Morgan fingerprint density at radius 1 is 1.30 bits per heavy atom. The third kappa shape index (κ3) is 5.17. The maximum absolute atomic E-state index is 10.6. The molecule has 0 aliphatic carbocycles. The van der Waals surface area contributed by atoms with Gasteiger partial charge in [-0.25, -0.2) is 10.2 Å². The van der Waals surface area contributed by atoms with Gasteiger partial charge in [0.25, 0.3) is 0 Å². The first-order valence-corrected chi connectivity index (χ1v) is 8.53. The van der Waals surface area contributed by atoms with Crippen LogP contribution in [0.1, 0.15) is 10.4 Å². The van der Waals surface area contributed by atoms with Crippen LogP contribution in [0, 0.1) is 8.48 Å². The Morgan fingerprint density at radius 3 is 2.70 bits per heavy atom. The first-order chi connectivity index (χ1) is 13.0. The number of H-pyrrole nitrogens is 1. The molecule has 4 N–H and O–H groups in total. The van der Waals surface area contributed by atoms with Gasteiger partial charge in [0.05, 0.1) is 10.8 Å². The van der Waals surface area contributed by atoms with Crippen molar-refractivity contribution in [2.75, 3.05) is 12.0 Å². The molecule has 0 fully saturated rings. The molecule has 3 rings (SSSR count). The fourth-order valence-corrected chi connectivity index (χ4v) is 2.69. The number of hydrogen-bond donors (Lipinski definition) is 4. The fraction of sp³-hybridized carbons (Fsp3) is 0.0588. The van der Waals surface area contributed by atoms with Gasteiger partial charge in [-0.15, -0.1) is 4.91 Å². The molecular formula is C17H14IN3O6. The number of nitroso groups, excluding NO2 is 1. The van der Waals surface area contributed by atoms with E-state index in [0.717, 1.165) is 14.5 Å². The van der Waals surface area contributed by atoms with E-state index in [-0.39, 0.29) is 23.8 Å². The molecule has 0 bridgehead atoms. The van der Waals surface area contributed by atoms with E-state index in [9.17, 15) is 19.6 Å². The number of rotatable bonds is 6. The van der Waals surface area contributed by atoms with Crippen molar-refractivity contribution in [3.05, 3.63) is 56.5 Å². The second-order valence-electron chi connectivity index (χ2n) is 5.02. The highest BCUT2D eigenvalue weighted by Crippen LogP contribution is 2.33. The number of anilines is 1. The molecule has 10 heteroatoms. The smallest absolute Gasteiger partial charge is 0.339 e. The molecule has 0 atom stereocenters. The van der Waals surface area contributed by atoms with Gasteiger partial charge < -0.3 is 19.9 Å².